The highest BCUT2D eigenvalue weighted by atomic mass is 35.5. The fraction of sp³-hybridized carbons (Fsp3) is 0.667. The Labute approximate surface area is 124 Å². The molecule has 1 aliphatic rings. The van der Waals surface area contributed by atoms with E-state index in [0.29, 0.717) is 23.5 Å². The van der Waals surface area contributed by atoms with Crippen molar-refractivity contribution in [2.24, 2.45) is 11.7 Å². The fourth-order valence-corrected chi connectivity index (χ4v) is 2.61. The molecule has 0 spiro atoms. The number of anilines is 1. The van der Waals surface area contributed by atoms with Gasteiger partial charge in [-0.25, -0.2) is 4.68 Å². The van der Waals surface area contributed by atoms with Gasteiger partial charge in [0, 0.05) is 19.1 Å². The maximum atomic E-state index is 12.3. The highest BCUT2D eigenvalue weighted by molar-refractivity contribution is 6.33. The number of nitrogens with two attached hydrogens (primary N) is 1. The van der Waals surface area contributed by atoms with Gasteiger partial charge in [-0.2, -0.15) is 18.3 Å². The second-order valence-electron chi connectivity index (χ2n) is 5.30. The zero-order valence-corrected chi connectivity index (χ0v) is 12.2. The van der Waals surface area contributed by atoms with Crippen LogP contribution in [0.1, 0.15) is 13.3 Å². The van der Waals surface area contributed by atoms with Crippen molar-refractivity contribution in [3.8, 4) is 0 Å². The van der Waals surface area contributed by atoms with Gasteiger partial charge in [-0.1, -0.05) is 18.5 Å². The summed E-state index contributed by atoms with van der Waals surface area (Å²) in [6, 6.07) is 0.0681. The maximum Gasteiger partial charge on any atom is 0.408 e. The summed E-state index contributed by atoms with van der Waals surface area (Å²) in [6.07, 6.45) is -2.59. The molecule has 1 aromatic rings. The van der Waals surface area contributed by atoms with E-state index in [0.717, 1.165) is 6.42 Å². The molecule has 0 bridgehead atoms. The molecule has 2 atom stereocenters. The van der Waals surface area contributed by atoms with E-state index in [4.69, 9.17) is 17.3 Å². The van der Waals surface area contributed by atoms with Gasteiger partial charge >= 0.3 is 6.18 Å². The number of halogens is 4. The predicted molar refractivity (Wildman–Crippen MR) is 73.5 cm³/mol. The molecule has 2 rings (SSSR count). The summed E-state index contributed by atoms with van der Waals surface area (Å²) in [7, 11) is 0. The van der Waals surface area contributed by atoms with Crippen LogP contribution in [0, 0.1) is 5.92 Å². The molecule has 21 heavy (non-hydrogen) atoms. The van der Waals surface area contributed by atoms with E-state index in [-0.39, 0.29) is 17.0 Å². The predicted octanol–water partition coefficient (Wildman–Crippen LogP) is 1.63. The molecule has 1 fully saturated rings. The van der Waals surface area contributed by atoms with Gasteiger partial charge in [-0.15, -0.1) is 0 Å². The molecule has 0 radical (unpaired) electrons. The molecule has 5 nitrogen and oxygen atoms in total. The number of nitrogens with zero attached hydrogens (tertiary/aromatic N) is 3. The van der Waals surface area contributed by atoms with Crippen molar-refractivity contribution in [1.82, 2.24) is 9.78 Å². The molecule has 2 unspecified atom stereocenters. The Morgan fingerprint density at radius 1 is 1.52 bits per heavy atom. The van der Waals surface area contributed by atoms with E-state index >= 15 is 0 Å². The van der Waals surface area contributed by atoms with Crippen LogP contribution in [0.5, 0.6) is 0 Å². The number of rotatable bonds is 2. The average molecular weight is 325 g/mol. The van der Waals surface area contributed by atoms with Gasteiger partial charge in [0.15, 0.2) is 0 Å². The molecular formula is C12H16ClF3N4O. The van der Waals surface area contributed by atoms with Crippen molar-refractivity contribution in [2.45, 2.75) is 32.1 Å². The minimum atomic E-state index is -4.52. The van der Waals surface area contributed by atoms with Crippen LogP contribution >= 0.6 is 11.6 Å². The third kappa shape index (κ3) is 3.68. The SMILES string of the molecule is CC1CN(c2cnn(CC(F)(F)F)c(=O)c2Cl)CCC1N. The highest BCUT2D eigenvalue weighted by Gasteiger charge is 2.31. The maximum absolute atomic E-state index is 12.3. The fourth-order valence-electron chi connectivity index (χ4n) is 2.34. The second kappa shape index (κ2) is 5.84. The van der Waals surface area contributed by atoms with Crippen molar-refractivity contribution < 1.29 is 13.2 Å². The molecule has 0 aromatic carbocycles. The summed E-state index contributed by atoms with van der Waals surface area (Å²) in [5, 5.41) is 3.33. The van der Waals surface area contributed by atoms with Crippen LogP contribution in [0.2, 0.25) is 5.02 Å². The lowest BCUT2D eigenvalue weighted by atomic mass is 9.94. The smallest absolute Gasteiger partial charge is 0.368 e. The number of aromatic nitrogens is 2. The van der Waals surface area contributed by atoms with E-state index in [1.165, 1.54) is 6.20 Å². The average Bonchev–Trinajstić information content (AvgIpc) is 2.37. The summed E-state index contributed by atoms with van der Waals surface area (Å²) < 4.78 is 37.3. The van der Waals surface area contributed by atoms with Gasteiger partial charge < -0.3 is 10.6 Å². The lowest BCUT2D eigenvalue weighted by Gasteiger charge is -2.36. The standard InChI is InChI=1S/C12H16ClF3N4O/c1-7-5-19(3-2-8(7)17)9-4-18-20(6-12(14,15)16)11(21)10(9)13/h4,7-8H,2-3,5-6,17H2,1H3. The van der Waals surface area contributed by atoms with Gasteiger partial charge in [-0.3, -0.25) is 4.79 Å². The summed E-state index contributed by atoms with van der Waals surface area (Å²) in [6.45, 7) is 1.71. The Morgan fingerprint density at radius 3 is 2.76 bits per heavy atom. The Kier molecular flexibility index (Phi) is 4.48. The lowest BCUT2D eigenvalue weighted by molar-refractivity contribution is -0.143. The molecule has 2 N–H and O–H groups in total. The molecule has 118 valence electrons. The third-order valence-electron chi connectivity index (χ3n) is 3.61. The summed E-state index contributed by atoms with van der Waals surface area (Å²) in [5.41, 5.74) is 5.34. The molecule has 0 saturated carbocycles. The number of alkyl halides is 3. The quantitative estimate of drug-likeness (QED) is 0.898. The van der Waals surface area contributed by atoms with E-state index in [9.17, 15) is 18.0 Å². The first kappa shape index (κ1) is 16.1. The Balaban J connectivity index is 2.27. The van der Waals surface area contributed by atoms with Crippen molar-refractivity contribution in [2.75, 3.05) is 18.0 Å². The lowest BCUT2D eigenvalue weighted by Crippen LogP contribution is -2.46. The topological polar surface area (TPSA) is 64.2 Å². The zero-order chi connectivity index (χ0) is 15.8. The minimum Gasteiger partial charge on any atom is -0.368 e. The molecular weight excluding hydrogens is 309 g/mol. The first-order valence-corrected chi connectivity index (χ1v) is 6.89. The zero-order valence-electron chi connectivity index (χ0n) is 11.4. The van der Waals surface area contributed by atoms with Gasteiger partial charge in [0.2, 0.25) is 0 Å². The summed E-state index contributed by atoms with van der Waals surface area (Å²) in [5.74, 6) is 0.201. The largest absolute Gasteiger partial charge is 0.408 e. The van der Waals surface area contributed by atoms with Gasteiger partial charge in [0.05, 0.1) is 11.9 Å². The van der Waals surface area contributed by atoms with Crippen LogP contribution in [-0.2, 0) is 6.54 Å². The molecule has 1 aromatic heterocycles. The first-order chi connectivity index (χ1) is 9.69. The number of hydrogen-bond donors (Lipinski definition) is 1. The van der Waals surface area contributed by atoms with Gasteiger partial charge in [0.25, 0.3) is 5.56 Å². The van der Waals surface area contributed by atoms with Crippen molar-refractivity contribution in [3.63, 3.8) is 0 Å². The van der Waals surface area contributed by atoms with E-state index < -0.39 is 18.3 Å². The van der Waals surface area contributed by atoms with Crippen LogP contribution in [-0.4, -0.2) is 35.1 Å². The van der Waals surface area contributed by atoms with Crippen LogP contribution in [0.4, 0.5) is 18.9 Å². The highest BCUT2D eigenvalue weighted by Crippen LogP contribution is 2.26. The summed E-state index contributed by atoms with van der Waals surface area (Å²) in [4.78, 5) is 13.7. The van der Waals surface area contributed by atoms with E-state index in [1.807, 2.05) is 11.8 Å². The monoisotopic (exact) mass is 324 g/mol. The second-order valence-corrected chi connectivity index (χ2v) is 5.68. The minimum absolute atomic E-state index is 0.0681. The Hall–Kier alpha value is -1.28. The Bertz CT molecular complexity index is 575. The first-order valence-electron chi connectivity index (χ1n) is 6.52. The van der Waals surface area contributed by atoms with Crippen molar-refractivity contribution >= 4 is 17.3 Å². The van der Waals surface area contributed by atoms with Crippen LogP contribution in [0.15, 0.2) is 11.0 Å². The van der Waals surface area contributed by atoms with E-state index in [1.54, 1.807) is 0 Å². The molecule has 1 saturated heterocycles. The number of piperidine rings is 1. The number of hydrogen-bond acceptors (Lipinski definition) is 4. The van der Waals surface area contributed by atoms with Crippen molar-refractivity contribution in [3.05, 3.63) is 21.6 Å². The normalized spacial score (nSPS) is 23.4. The third-order valence-corrected chi connectivity index (χ3v) is 3.96. The molecule has 0 aliphatic carbocycles. The van der Waals surface area contributed by atoms with Crippen molar-refractivity contribution in [1.29, 1.82) is 0 Å². The Morgan fingerprint density at radius 2 is 2.19 bits per heavy atom. The molecule has 1 aliphatic heterocycles. The van der Waals surface area contributed by atoms with Crippen LogP contribution in [0.3, 0.4) is 0 Å². The van der Waals surface area contributed by atoms with Gasteiger partial charge in [-0.05, 0) is 12.3 Å². The molecule has 0 amide bonds. The van der Waals surface area contributed by atoms with Crippen LogP contribution < -0.4 is 16.2 Å². The van der Waals surface area contributed by atoms with E-state index in [2.05, 4.69) is 5.10 Å². The summed E-state index contributed by atoms with van der Waals surface area (Å²) >= 11 is 5.93. The van der Waals surface area contributed by atoms with Crippen LogP contribution in [0.25, 0.3) is 0 Å². The molecule has 9 heteroatoms. The molecule has 2 heterocycles. The van der Waals surface area contributed by atoms with Gasteiger partial charge in [0.1, 0.15) is 11.6 Å².